The van der Waals surface area contributed by atoms with Gasteiger partial charge in [0.25, 0.3) is 0 Å². The Bertz CT molecular complexity index is 326. The molecule has 2 nitrogen and oxygen atoms in total. The van der Waals surface area contributed by atoms with Crippen molar-refractivity contribution in [3.8, 4) is 0 Å². The average molecular weight is 284 g/mol. The quantitative estimate of drug-likeness (QED) is 0.761. The number of alkyl halides is 1. The largest absolute Gasteiger partial charge is 0.344 e. The summed E-state index contributed by atoms with van der Waals surface area (Å²) in [6, 6.07) is 10.2. The molecule has 1 rings (SSSR count). The van der Waals surface area contributed by atoms with Crippen LogP contribution in [0.5, 0.6) is 0 Å². The second-order valence-electron chi connectivity index (χ2n) is 3.87. The van der Waals surface area contributed by atoms with Crippen molar-refractivity contribution < 1.29 is 4.79 Å². The minimum Gasteiger partial charge on any atom is -0.344 e. The molecule has 0 saturated heterocycles. The van der Waals surface area contributed by atoms with Gasteiger partial charge in [0.05, 0.1) is 4.83 Å². The molecular weight excluding hydrogens is 266 g/mol. The second kappa shape index (κ2) is 6.69. The number of likely N-dealkylation sites (N-methyl/N-ethyl adjacent to an activating group) is 1. The van der Waals surface area contributed by atoms with Gasteiger partial charge in [-0.3, -0.25) is 4.79 Å². The molecule has 3 heteroatoms. The van der Waals surface area contributed by atoms with Crippen molar-refractivity contribution in [3.63, 3.8) is 0 Å². The van der Waals surface area contributed by atoms with Crippen LogP contribution < -0.4 is 0 Å². The van der Waals surface area contributed by atoms with Crippen molar-refractivity contribution >= 4 is 21.8 Å². The number of rotatable bonds is 5. The van der Waals surface area contributed by atoms with Crippen molar-refractivity contribution in [2.24, 2.45) is 0 Å². The van der Waals surface area contributed by atoms with E-state index in [0.717, 1.165) is 19.4 Å². The molecule has 0 radical (unpaired) electrons. The summed E-state index contributed by atoms with van der Waals surface area (Å²) < 4.78 is 0. The van der Waals surface area contributed by atoms with Crippen LogP contribution in [0.4, 0.5) is 0 Å². The van der Waals surface area contributed by atoms with Gasteiger partial charge in [0.1, 0.15) is 0 Å². The van der Waals surface area contributed by atoms with E-state index in [0.29, 0.717) is 0 Å². The number of amides is 1. The number of carbonyl (C=O) groups is 1. The summed E-state index contributed by atoms with van der Waals surface area (Å²) in [6.07, 6.45) is 1.74. The van der Waals surface area contributed by atoms with Crippen LogP contribution >= 0.6 is 15.9 Å². The fourth-order valence-electron chi connectivity index (χ4n) is 1.47. The highest BCUT2D eigenvalue weighted by Gasteiger charge is 2.16. The van der Waals surface area contributed by atoms with Gasteiger partial charge >= 0.3 is 0 Å². The lowest BCUT2D eigenvalue weighted by atomic mass is 10.1. The third-order valence-corrected chi connectivity index (χ3v) is 3.62. The number of carbonyl (C=O) groups excluding carboxylic acids is 1. The van der Waals surface area contributed by atoms with Crippen molar-refractivity contribution in [2.75, 3.05) is 13.6 Å². The van der Waals surface area contributed by atoms with Gasteiger partial charge in [-0.1, -0.05) is 53.2 Å². The van der Waals surface area contributed by atoms with E-state index in [9.17, 15) is 4.79 Å². The number of hydrogen-bond donors (Lipinski definition) is 0. The first-order valence-corrected chi connectivity index (χ1v) is 6.49. The lowest BCUT2D eigenvalue weighted by molar-refractivity contribution is -0.129. The lowest BCUT2D eigenvalue weighted by Gasteiger charge is -2.19. The maximum Gasteiger partial charge on any atom is 0.236 e. The normalized spacial score (nSPS) is 12.2. The molecule has 1 aromatic carbocycles. The molecule has 0 heterocycles. The van der Waals surface area contributed by atoms with Crippen molar-refractivity contribution in [2.45, 2.75) is 24.6 Å². The van der Waals surface area contributed by atoms with E-state index in [2.05, 4.69) is 28.1 Å². The summed E-state index contributed by atoms with van der Waals surface area (Å²) in [5, 5.41) is 0. The minimum atomic E-state index is -0.0479. The van der Waals surface area contributed by atoms with E-state index in [1.165, 1.54) is 5.56 Å². The van der Waals surface area contributed by atoms with Crippen molar-refractivity contribution in [1.29, 1.82) is 0 Å². The zero-order chi connectivity index (χ0) is 12.0. The first-order valence-electron chi connectivity index (χ1n) is 5.58. The predicted octanol–water partition coefficient (Wildman–Crippen LogP) is 2.86. The highest BCUT2D eigenvalue weighted by molar-refractivity contribution is 9.10. The highest BCUT2D eigenvalue weighted by Crippen LogP contribution is 2.09. The van der Waals surface area contributed by atoms with Crippen LogP contribution in [0.1, 0.15) is 18.9 Å². The Balaban J connectivity index is 2.41. The summed E-state index contributed by atoms with van der Waals surface area (Å²) in [6.45, 7) is 2.77. The van der Waals surface area contributed by atoms with Crippen LogP contribution in [0.2, 0.25) is 0 Å². The first-order chi connectivity index (χ1) is 7.65. The molecule has 0 spiro atoms. The smallest absolute Gasteiger partial charge is 0.236 e. The van der Waals surface area contributed by atoms with Gasteiger partial charge in [-0.15, -0.1) is 0 Å². The third kappa shape index (κ3) is 3.97. The monoisotopic (exact) mass is 283 g/mol. The van der Waals surface area contributed by atoms with Gasteiger partial charge < -0.3 is 4.90 Å². The topological polar surface area (TPSA) is 20.3 Å². The Labute approximate surface area is 106 Å². The Hall–Kier alpha value is -0.830. The summed E-state index contributed by atoms with van der Waals surface area (Å²) in [4.78, 5) is 13.5. The van der Waals surface area contributed by atoms with E-state index in [4.69, 9.17) is 0 Å². The Kier molecular flexibility index (Phi) is 5.53. The maximum atomic E-state index is 11.8. The Morgan fingerprint density at radius 2 is 2.00 bits per heavy atom. The second-order valence-corrected chi connectivity index (χ2v) is 4.98. The number of nitrogens with zero attached hydrogens (tertiary/aromatic N) is 1. The Morgan fingerprint density at radius 1 is 1.38 bits per heavy atom. The van der Waals surface area contributed by atoms with E-state index in [1.54, 1.807) is 4.90 Å². The molecule has 0 aliphatic rings. The molecule has 0 aliphatic heterocycles. The SMILES string of the molecule is CCC(Br)C(=O)N(C)CCc1ccccc1. The van der Waals surface area contributed by atoms with Gasteiger partial charge in [0.15, 0.2) is 0 Å². The fraction of sp³-hybridized carbons (Fsp3) is 0.462. The Morgan fingerprint density at radius 3 is 2.56 bits per heavy atom. The molecule has 0 N–H and O–H groups in total. The summed E-state index contributed by atoms with van der Waals surface area (Å²) in [5.41, 5.74) is 1.27. The third-order valence-electron chi connectivity index (χ3n) is 2.58. The average Bonchev–Trinajstić information content (AvgIpc) is 2.35. The van der Waals surface area contributed by atoms with Crippen molar-refractivity contribution in [3.05, 3.63) is 35.9 Å². The molecule has 1 unspecified atom stereocenters. The lowest BCUT2D eigenvalue weighted by Crippen LogP contribution is -2.34. The van der Waals surface area contributed by atoms with E-state index in [1.807, 2.05) is 32.2 Å². The number of benzene rings is 1. The van der Waals surface area contributed by atoms with Gasteiger partial charge in [0.2, 0.25) is 5.91 Å². The fourth-order valence-corrected chi connectivity index (χ4v) is 1.81. The first kappa shape index (κ1) is 13.2. The van der Waals surface area contributed by atoms with Crippen molar-refractivity contribution in [1.82, 2.24) is 4.90 Å². The molecular formula is C13H18BrNO. The van der Waals surface area contributed by atoms with Crippen LogP contribution in [0.25, 0.3) is 0 Å². The highest BCUT2D eigenvalue weighted by atomic mass is 79.9. The molecule has 0 aromatic heterocycles. The molecule has 88 valence electrons. The summed E-state index contributed by atoms with van der Waals surface area (Å²) in [7, 11) is 1.86. The van der Waals surface area contributed by atoms with Crippen LogP contribution in [-0.2, 0) is 11.2 Å². The van der Waals surface area contributed by atoms with Crippen LogP contribution in [-0.4, -0.2) is 29.2 Å². The zero-order valence-electron chi connectivity index (χ0n) is 9.82. The van der Waals surface area contributed by atoms with Crippen LogP contribution in [0, 0.1) is 0 Å². The predicted molar refractivity (Wildman–Crippen MR) is 70.8 cm³/mol. The minimum absolute atomic E-state index is 0.0479. The standard InChI is InChI=1S/C13H18BrNO/c1-3-12(14)13(16)15(2)10-9-11-7-5-4-6-8-11/h4-8,12H,3,9-10H2,1-2H3. The molecule has 0 fully saturated rings. The molecule has 0 aliphatic carbocycles. The molecule has 0 bridgehead atoms. The van der Waals surface area contributed by atoms with E-state index < -0.39 is 0 Å². The van der Waals surface area contributed by atoms with Gasteiger partial charge in [0, 0.05) is 13.6 Å². The molecule has 1 amide bonds. The molecule has 16 heavy (non-hydrogen) atoms. The van der Waals surface area contributed by atoms with Gasteiger partial charge in [-0.25, -0.2) is 0 Å². The number of hydrogen-bond acceptors (Lipinski definition) is 1. The van der Waals surface area contributed by atoms with Crippen LogP contribution in [0.15, 0.2) is 30.3 Å². The molecule has 1 aromatic rings. The maximum absolute atomic E-state index is 11.8. The molecule has 1 atom stereocenters. The van der Waals surface area contributed by atoms with E-state index in [-0.39, 0.29) is 10.7 Å². The summed E-state index contributed by atoms with van der Waals surface area (Å²) in [5.74, 6) is 0.165. The van der Waals surface area contributed by atoms with Crippen LogP contribution in [0.3, 0.4) is 0 Å². The number of halogens is 1. The molecule has 0 saturated carbocycles. The zero-order valence-corrected chi connectivity index (χ0v) is 11.4. The van der Waals surface area contributed by atoms with E-state index >= 15 is 0 Å². The van der Waals surface area contributed by atoms with Gasteiger partial charge in [-0.05, 0) is 18.4 Å². The summed E-state index contributed by atoms with van der Waals surface area (Å²) >= 11 is 3.38. The van der Waals surface area contributed by atoms with Gasteiger partial charge in [-0.2, -0.15) is 0 Å².